The van der Waals surface area contributed by atoms with Crippen molar-refractivity contribution in [2.45, 2.75) is 55.6 Å². The normalized spacial score (nSPS) is 19.7. The van der Waals surface area contributed by atoms with E-state index in [1.807, 2.05) is 0 Å². The van der Waals surface area contributed by atoms with Gasteiger partial charge in [0.05, 0.1) is 24.1 Å². The predicted octanol–water partition coefficient (Wildman–Crippen LogP) is 1.17. The van der Waals surface area contributed by atoms with E-state index in [1.165, 1.54) is 4.90 Å². The second kappa shape index (κ2) is 10.3. The van der Waals surface area contributed by atoms with E-state index in [0.29, 0.717) is 13.2 Å². The highest BCUT2D eigenvalue weighted by Crippen LogP contribution is 2.23. The molecule has 1 aromatic rings. The van der Waals surface area contributed by atoms with Gasteiger partial charge in [0.2, 0.25) is 21.8 Å². The van der Waals surface area contributed by atoms with Gasteiger partial charge in [-0.3, -0.25) is 9.59 Å². The number of benzene rings is 1. The minimum Gasteiger partial charge on any atom is -0.376 e. The summed E-state index contributed by atoms with van der Waals surface area (Å²) in [6.07, 6.45) is 5.39. The van der Waals surface area contributed by atoms with Crippen LogP contribution >= 0.6 is 0 Å². The lowest BCUT2D eigenvalue weighted by molar-refractivity contribution is -0.137. The van der Waals surface area contributed by atoms with Crippen molar-refractivity contribution < 1.29 is 27.1 Å². The third-order valence-corrected chi connectivity index (χ3v) is 6.91. The number of carbonyl (C=O) groups excluding carboxylic acids is 2. The fourth-order valence-electron chi connectivity index (χ4n) is 3.84. The lowest BCUT2D eigenvalue weighted by atomic mass is 10.2. The van der Waals surface area contributed by atoms with Gasteiger partial charge in [0, 0.05) is 19.2 Å². The number of hydrogen-bond acceptors (Lipinski definition) is 5. The van der Waals surface area contributed by atoms with Crippen LogP contribution in [0.4, 0.5) is 4.39 Å². The summed E-state index contributed by atoms with van der Waals surface area (Å²) in [5.41, 5.74) is 0. The number of rotatable bonds is 9. The molecule has 0 bridgehead atoms. The lowest BCUT2D eigenvalue weighted by Crippen LogP contribution is -2.49. The van der Waals surface area contributed by atoms with E-state index in [-0.39, 0.29) is 29.5 Å². The van der Waals surface area contributed by atoms with E-state index in [1.54, 1.807) is 0 Å². The molecule has 2 fully saturated rings. The molecule has 30 heavy (non-hydrogen) atoms. The molecule has 2 N–H and O–H groups in total. The second-order valence-corrected chi connectivity index (χ2v) is 9.44. The van der Waals surface area contributed by atoms with Gasteiger partial charge in [-0.1, -0.05) is 12.8 Å². The molecule has 3 rings (SSSR count). The van der Waals surface area contributed by atoms with Gasteiger partial charge in [-0.2, -0.15) is 0 Å². The maximum atomic E-state index is 13.0. The molecule has 166 valence electrons. The second-order valence-electron chi connectivity index (χ2n) is 7.68. The maximum Gasteiger partial charge on any atom is 0.241 e. The molecule has 1 saturated carbocycles. The molecule has 1 saturated heterocycles. The Hall–Kier alpha value is -2.04. The fraction of sp³-hybridized carbons (Fsp3) is 0.600. The highest BCUT2D eigenvalue weighted by molar-refractivity contribution is 7.89. The zero-order valence-corrected chi connectivity index (χ0v) is 17.6. The molecule has 0 unspecified atom stereocenters. The Morgan fingerprint density at radius 1 is 1.10 bits per heavy atom. The highest BCUT2D eigenvalue weighted by atomic mass is 32.2. The zero-order valence-electron chi connectivity index (χ0n) is 16.8. The van der Waals surface area contributed by atoms with E-state index in [2.05, 4.69) is 10.0 Å². The topological polar surface area (TPSA) is 105 Å². The number of carbonyl (C=O) groups is 2. The molecule has 8 nitrogen and oxygen atoms in total. The van der Waals surface area contributed by atoms with Gasteiger partial charge in [-0.15, -0.1) is 0 Å². The summed E-state index contributed by atoms with van der Waals surface area (Å²) in [7, 11) is -3.96. The predicted molar refractivity (Wildman–Crippen MR) is 108 cm³/mol. The summed E-state index contributed by atoms with van der Waals surface area (Å²) in [5, 5.41) is 2.80. The summed E-state index contributed by atoms with van der Waals surface area (Å²) in [5.74, 6) is -1.29. The van der Waals surface area contributed by atoms with E-state index in [0.717, 1.165) is 62.8 Å². The monoisotopic (exact) mass is 441 g/mol. The zero-order chi connectivity index (χ0) is 21.6. The number of hydrogen-bond donors (Lipinski definition) is 2. The third-order valence-electron chi connectivity index (χ3n) is 5.49. The fourth-order valence-corrected chi connectivity index (χ4v) is 4.81. The molecule has 1 atom stereocenters. The Kier molecular flexibility index (Phi) is 7.79. The SMILES string of the molecule is O=C(CN(C(=O)CNS(=O)(=O)c1ccc(F)cc1)C1CCCC1)NC[C@@H]1CCCO1. The summed E-state index contributed by atoms with van der Waals surface area (Å²) in [6.45, 7) is 0.522. The van der Waals surface area contributed by atoms with Crippen molar-refractivity contribution in [2.75, 3.05) is 26.2 Å². The average Bonchev–Trinajstić information content (AvgIpc) is 3.43. The molecule has 1 heterocycles. The Morgan fingerprint density at radius 2 is 1.80 bits per heavy atom. The molecule has 2 amide bonds. The van der Waals surface area contributed by atoms with Crippen LogP contribution in [-0.2, 0) is 24.3 Å². The minimum atomic E-state index is -3.96. The van der Waals surface area contributed by atoms with E-state index in [9.17, 15) is 22.4 Å². The van der Waals surface area contributed by atoms with Crippen LogP contribution in [0.25, 0.3) is 0 Å². The van der Waals surface area contributed by atoms with Gasteiger partial charge < -0.3 is 15.0 Å². The number of sulfonamides is 1. The van der Waals surface area contributed by atoms with Crippen molar-refractivity contribution in [1.82, 2.24) is 14.9 Å². The van der Waals surface area contributed by atoms with Crippen molar-refractivity contribution in [2.24, 2.45) is 0 Å². The first kappa shape index (κ1) is 22.6. The number of ether oxygens (including phenoxy) is 1. The van der Waals surface area contributed by atoms with Crippen LogP contribution in [0.15, 0.2) is 29.2 Å². The standard InChI is InChI=1S/C20H28FN3O5S/c21-15-7-9-18(10-8-15)30(27,28)23-13-20(26)24(16-4-1-2-5-16)14-19(25)22-12-17-6-3-11-29-17/h7-10,16-17,23H,1-6,11-14H2,(H,22,25)/t17-/m0/s1. The van der Waals surface area contributed by atoms with Crippen LogP contribution < -0.4 is 10.0 Å². The molecule has 0 spiro atoms. The number of nitrogens with zero attached hydrogens (tertiary/aromatic N) is 1. The van der Waals surface area contributed by atoms with Crippen molar-refractivity contribution in [3.63, 3.8) is 0 Å². The first-order chi connectivity index (χ1) is 14.3. The first-order valence-electron chi connectivity index (χ1n) is 10.3. The Labute approximate surface area is 176 Å². The van der Waals surface area contributed by atoms with Crippen LogP contribution in [-0.4, -0.2) is 63.5 Å². The molecule has 0 radical (unpaired) electrons. The Morgan fingerprint density at radius 3 is 2.43 bits per heavy atom. The summed E-state index contributed by atoms with van der Waals surface area (Å²) < 4.78 is 45.5. The molecular formula is C20H28FN3O5S. The van der Waals surface area contributed by atoms with E-state index in [4.69, 9.17) is 4.74 Å². The average molecular weight is 442 g/mol. The minimum absolute atomic E-state index is 0.00657. The number of halogens is 1. The smallest absolute Gasteiger partial charge is 0.241 e. The summed E-state index contributed by atoms with van der Waals surface area (Å²) in [4.78, 5) is 26.5. The maximum absolute atomic E-state index is 13.0. The highest BCUT2D eigenvalue weighted by Gasteiger charge is 2.29. The van der Waals surface area contributed by atoms with Crippen molar-refractivity contribution in [3.8, 4) is 0 Å². The Balaban J connectivity index is 1.57. The van der Waals surface area contributed by atoms with E-state index >= 15 is 0 Å². The molecule has 1 aromatic carbocycles. The van der Waals surface area contributed by atoms with Crippen LogP contribution in [0, 0.1) is 5.82 Å². The van der Waals surface area contributed by atoms with Gasteiger partial charge >= 0.3 is 0 Å². The van der Waals surface area contributed by atoms with Crippen molar-refractivity contribution >= 4 is 21.8 Å². The van der Waals surface area contributed by atoms with Crippen LogP contribution in [0.2, 0.25) is 0 Å². The summed E-state index contributed by atoms with van der Waals surface area (Å²) >= 11 is 0. The van der Waals surface area contributed by atoms with Crippen LogP contribution in [0.5, 0.6) is 0 Å². The van der Waals surface area contributed by atoms with Gasteiger partial charge in [-0.25, -0.2) is 17.5 Å². The molecule has 0 aromatic heterocycles. The van der Waals surface area contributed by atoms with Gasteiger partial charge in [0.25, 0.3) is 0 Å². The molecular weight excluding hydrogens is 413 g/mol. The van der Waals surface area contributed by atoms with E-state index < -0.39 is 28.3 Å². The Bertz CT molecular complexity index is 835. The van der Waals surface area contributed by atoms with Gasteiger partial charge in [0.1, 0.15) is 5.82 Å². The quantitative estimate of drug-likeness (QED) is 0.599. The van der Waals surface area contributed by atoms with Gasteiger partial charge in [-0.05, 0) is 49.9 Å². The van der Waals surface area contributed by atoms with Crippen molar-refractivity contribution in [1.29, 1.82) is 0 Å². The number of nitrogens with one attached hydrogen (secondary N) is 2. The largest absolute Gasteiger partial charge is 0.376 e. The molecule has 2 aliphatic rings. The lowest BCUT2D eigenvalue weighted by Gasteiger charge is -2.28. The molecule has 1 aliphatic heterocycles. The number of amides is 2. The van der Waals surface area contributed by atoms with Crippen molar-refractivity contribution in [3.05, 3.63) is 30.1 Å². The van der Waals surface area contributed by atoms with Gasteiger partial charge in [0.15, 0.2) is 0 Å². The molecule has 1 aliphatic carbocycles. The van der Waals surface area contributed by atoms with Crippen LogP contribution in [0.1, 0.15) is 38.5 Å². The molecule has 10 heteroatoms. The summed E-state index contributed by atoms with van der Waals surface area (Å²) in [6, 6.07) is 4.27. The van der Waals surface area contributed by atoms with Crippen LogP contribution in [0.3, 0.4) is 0 Å². The third kappa shape index (κ3) is 6.23. The first-order valence-corrected chi connectivity index (χ1v) is 11.8.